The van der Waals surface area contributed by atoms with E-state index in [2.05, 4.69) is 24.0 Å². The molecule has 7 nitrogen and oxygen atoms in total. The average molecular weight is 431 g/mol. The van der Waals surface area contributed by atoms with Crippen molar-refractivity contribution in [2.75, 3.05) is 37.9 Å². The number of ether oxygens (including phenoxy) is 1. The number of sulfonamides is 1. The number of rotatable bonds is 5. The maximum absolute atomic E-state index is 12.0. The fraction of sp³-hybridized carbons (Fsp3) is 0.545. The maximum Gasteiger partial charge on any atom is 0.211 e. The highest BCUT2D eigenvalue weighted by molar-refractivity contribution is 7.88. The standard InChI is InChI=1S/C22H30N4O3S/c1-16-20-7-5-12-25(14-17-8-10-19(29-2)11-9-17)22(20)24-21(23-16)18-6-4-13-26(15-18)30(3,27)28/h8-11,18H,4-7,12-15H2,1-3H3/t18-/m1/s1. The molecule has 1 saturated heterocycles. The van der Waals surface area contributed by atoms with Crippen LogP contribution in [0.1, 0.15) is 47.8 Å². The quantitative estimate of drug-likeness (QED) is 0.726. The summed E-state index contributed by atoms with van der Waals surface area (Å²) >= 11 is 0. The topological polar surface area (TPSA) is 75.6 Å². The zero-order chi connectivity index (χ0) is 21.3. The minimum atomic E-state index is -3.19. The summed E-state index contributed by atoms with van der Waals surface area (Å²) in [6.45, 7) is 4.85. The van der Waals surface area contributed by atoms with Gasteiger partial charge in [0.25, 0.3) is 0 Å². The molecule has 2 aliphatic heterocycles. The first-order valence-electron chi connectivity index (χ1n) is 10.6. The smallest absolute Gasteiger partial charge is 0.211 e. The van der Waals surface area contributed by atoms with E-state index < -0.39 is 10.0 Å². The number of hydrogen-bond donors (Lipinski definition) is 0. The van der Waals surface area contributed by atoms with Crippen LogP contribution < -0.4 is 9.64 Å². The zero-order valence-electron chi connectivity index (χ0n) is 18.0. The van der Waals surface area contributed by atoms with Crippen LogP contribution in [0.4, 0.5) is 5.82 Å². The molecule has 4 rings (SSSR count). The third-order valence-electron chi connectivity index (χ3n) is 6.11. The van der Waals surface area contributed by atoms with Crippen molar-refractivity contribution >= 4 is 15.8 Å². The van der Waals surface area contributed by atoms with E-state index >= 15 is 0 Å². The summed E-state index contributed by atoms with van der Waals surface area (Å²) in [4.78, 5) is 12.1. The number of nitrogens with zero attached hydrogens (tertiary/aromatic N) is 4. The molecule has 1 aromatic carbocycles. The van der Waals surface area contributed by atoms with E-state index in [4.69, 9.17) is 14.7 Å². The van der Waals surface area contributed by atoms with Crippen LogP contribution in [-0.2, 0) is 23.0 Å². The van der Waals surface area contributed by atoms with Gasteiger partial charge < -0.3 is 9.64 Å². The number of aromatic nitrogens is 2. The van der Waals surface area contributed by atoms with Gasteiger partial charge >= 0.3 is 0 Å². The van der Waals surface area contributed by atoms with Gasteiger partial charge in [-0.2, -0.15) is 0 Å². The molecule has 0 saturated carbocycles. The van der Waals surface area contributed by atoms with Crippen molar-refractivity contribution in [3.8, 4) is 5.75 Å². The van der Waals surface area contributed by atoms with Crippen molar-refractivity contribution in [1.29, 1.82) is 0 Å². The van der Waals surface area contributed by atoms with E-state index in [0.717, 1.165) is 61.9 Å². The molecule has 30 heavy (non-hydrogen) atoms. The van der Waals surface area contributed by atoms with Crippen molar-refractivity contribution in [1.82, 2.24) is 14.3 Å². The molecule has 2 aliphatic rings. The number of benzene rings is 1. The van der Waals surface area contributed by atoms with E-state index in [9.17, 15) is 8.42 Å². The highest BCUT2D eigenvalue weighted by atomic mass is 32.2. The lowest BCUT2D eigenvalue weighted by molar-refractivity contribution is 0.310. The second-order valence-electron chi connectivity index (χ2n) is 8.30. The Kier molecular flexibility index (Phi) is 5.97. The fourth-order valence-corrected chi connectivity index (χ4v) is 5.36. The number of methoxy groups -OCH3 is 1. The first kappa shape index (κ1) is 21.1. The minimum Gasteiger partial charge on any atom is -0.497 e. The van der Waals surface area contributed by atoms with E-state index in [-0.39, 0.29) is 5.92 Å². The highest BCUT2D eigenvalue weighted by Gasteiger charge is 2.30. The molecule has 0 bridgehead atoms. The summed E-state index contributed by atoms with van der Waals surface area (Å²) < 4.78 is 30.9. The van der Waals surface area contributed by atoms with E-state index in [1.54, 1.807) is 11.4 Å². The summed E-state index contributed by atoms with van der Waals surface area (Å²) in [5.41, 5.74) is 3.45. The Morgan fingerprint density at radius 1 is 1.13 bits per heavy atom. The molecule has 0 N–H and O–H groups in total. The molecule has 3 heterocycles. The number of piperidine rings is 1. The Hall–Kier alpha value is -2.19. The molecule has 1 fully saturated rings. The molecule has 8 heteroatoms. The summed E-state index contributed by atoms with van der Waals surface area (Å²) in [7, 11) is -1.52. The van der Waals surface area contributed by atoms with Crippen molar-refractivity contribution in [3.05, 3.63) is 46.9 Å². The lowest BCUT2D eigenvalue weighted by atomic mass is 9.97. The normalized spacial score (nSPS) is 20.1. The minimum absolute atomic E-state index is 0.0437. The van der Waals surface area contributed by atoms with Crippen LogP contribution in [0.15, 0.2) is 24.3 Å². The molecule has 1 atom stereocenters. The predicted octanol–water partition coefficient (Wildman–Crippen LogP) is 2.89. The number of hydrogen-bond acceptors (Lipinski definition) is 6. The number of fused-ring (bicyclic) bond motifs is 1. The van der Waals surface area contributed by atoms with Gasteiger partial charge in [0.2, 0.25) is 10.0 Å². The van der Waals surface area contributed by atoms with Crippen LogP contribution in [0.5, 0.6) is 5.75 Å². The van der Waals surface area contributed by atoms with Gasteiger partial charge in [-0.1, -0.05) is 12.1 Å². The van der Waals surface area contributed by atoms with Crippen LogP contribution in [-0.4, -0.2) is 55.7 Å². The van der Waals surface area contributed by atoms with Gasteiger partial charge in [0.05, 0.1) is 13.4 Å². The lowest BCUT2D eigenvalue weighted by Crippen LogP contribution is -2.39. The Balaban J connectivity index is 1.61. The molecule has 0 unspecified atom stereocenters. The first-order valence-corrected chi connectivity index (χ1v) is 12.4. The molecule has 0 spiro atoms. The summed E-state index contributed by atoms with van der Waals surface area (Å²) in [5, 5.41) is 0. The molecule has 2 aromatic rings. The summed E-state index contributed by atoms with van der Waals surface area (Å²) in [6.07, 6.45) is 5.11. The van der Waals surface area contributed by atoms with Crippen molar-refractivity contribution < 1.29 is 13.2 Å². The maximum atomic E-state index is 12.0. The SMILES string of the molecule is COc1ccc(CN2CCCc3c(C)nc([C@@H]4CCCN(S(C)(=O)=O)C4)nc32)cc1. The van der Waals surface area contributed by atoms with Gasteiger partial charge in [0.15, 0.2) is 0 Å². The van der Waals surface area contributed by atoms with Gasteiger partial charge in [0.1, 0.15) is 17.4 Å². The monoisotopic (exact) mass is 430 g/mol. The second kappa shape index (κ2) is 8.51. The molecule has 0 amide bonds. The van der Waals surface area contributed by atoms with E-state index in [0.29, 0.717) is 13.1 Å². The highest BCUT2D eigenvalue weighted by Crippen LogP contribution is 2.33. The number of anilines is 1. The van der Waals surface area contributed by atoms with Crippen LogP contribution >= 0.6 is 0 Å². The predicted molar refractivity (Wildman–Crippen MR) is 118 cm³/mol. The average Bonchev–Trinajstić information content (AvgIpc) is 2.74. The molecule has 162 valence electrons. The molecule has 0 radical (unpaired) electrons. The van der Waals surface area contributed by atoms with Crippen LogP contribution in [0.25, 0.3) is 0 Å². The fourth-order valence-electron chi connectivity index (χ4n) is 4.45. The third kappa shape index (κ3) is 4.44. The van der Waals surface area contributed by atoms with Crippen LogP contribution in [0.3, 0.4) is 0 Å². The van der Waals surface area contributed by atoms with Gasteiger partial charge in [0, 0.05) is 43.4 Å². The van der Waals surface area contributed by atoms with Gasteiger partial charge in [-0.15, -0.1) is 0 Å². The van der Waals surface area contributed by atoms with Crippen molar-refractivity contribution in [2.24, 2.45) is 0 Å². The van der Waals surface area contributed by atoms with E-state index in [1.165, 1.54) is 17.4 Å². The number of aryl methyl sites for hydroxylation is 1. The Labute approximate surface area is 179 Å². The van der Waals surface area contributed by atoms with Crippen LogP contribution in [0, 0.1) is 6.92 Å². The van der Waals surface area contributed by atoms with E-state index in [1.807, 2.05) is 12.1 Å². The van der Waals surface area contributed by atoms with Gasteiger partial charge in [-0.25, -0.2) is 22.7 Å². The largest absolute Gasteiger partial charge is 0.497 e. The molecular weight excluding hydrogens is 400 g/mol. The zero-order valence-corrected chi connectivity index (χ0v) is 18.8. The summed E-state index contributed by atoms with van der Waals surface area (Å²) in [6, 6.07) is 8.15. The Bertz CT molecular complexity index is 1010. The van der Waals surface area contributed by atoms with Crippen molar-refractivity contribution in [2.45, 2.75) is 45.1 Å². The Morgan fingerprint density at radius 2 is 1.90 bits per heavy atom. The second-order valence-corrected chi connectivity index (χ2v) is 10.3. The molecular formula is C22H30N4O3S. The van der Waals surface area contributed by atoms with Gasteiger partial charge in [-0.3, -0.25) is 0 Å². The van der Waals surface area contributed by atoms with Crippen LogP contribution in [0.2, 0.25) is 0 Å². The lowest BCUT2D eigenvalue weighted by Gasteiger charge is -2.34. The third-order valence-corrected chi connectivity index (χ3v) is 7.38. The molecule has 1 aromatic heterocycles. The summed E-state index contributed by atoms with van der Waals surface area (Å²) in [5.74, 6) is 2.69. The molecule has 0 aliphatic carbocycles. The van der Waals surface area contributed by atoms with Crippen molar-refractivity contribution in [3.63, 3.8) is 0 Å². The first-order chi connectivity index (χ1) is 14.3. The Morgan fingerprint density at radius 3 is 2.60 bits per heavy atom. The van der Waals surface area contributed by atoms with Gasteiger partial charge in [-0.05, 0) is 50.3 Å².